The van der Waals surface area contributed by atoms with Crippen LogP contribution in [-0.4, -0.2) is 48.2 Å². The zero-order valence-corrected chi connectivity index (χ0v) is 10.3. The second kappa shape index (κ2) is 4.42. The summed E-state index contributed by atoms with van der Waals surface area (Å²) in [5.74, 6) is 0. The van der Waals surface area contributed by atoms with Gasteiger partial charge in [-0.1, -0.05) is 18.9 Å². The Hall–Kier alpha value is 0.270. The van der Waals surface area contributed by atoms with E-state index in [1.54, 1.807) is 0 Å². The second-order valence-electron chi connectivity index (χ2n) is 4.73. The van der Waals surface area contributed by atoms with Gasteiger partial charge >= 0.3 is 0 Å². The van der Waals surface area contributed by atoms with Crippen LogP contribution in [0.1, 0.15) is 26.2 Å². The third-order valence-corrected chi connectivity index (χ3v) is 4.89. The van der Waals surface area contributed by atoms with E-state index >= 15 is 0 Å². The van der Waals surface area contributed by atoms with Gasteiger partial charge in [0.2, 0.25) is 0 Å². The van der Waals surface area contributed by atoms with Crippen LogP contribution in [0.4, 0.5) is 0 Å². The van der Waals surface area contributed by atoms with E-state index in [1.165, 1.54) is 52.0 Å². The molecule has 2 nitrogen and oxygen atoms in total. The van der Waals surface area contributed by atoms with Gasteiger partial charge in [0.25, 0.3) is 0 Å². The highest BCUT2D eigenvalue weighted by atomic mass is 32.2. The monoisotopic (exact) mass is 214 g/mol. The van der Waals surface area contributed by atoms with Crippen LogP contribution in [0.25, 0.3) is 0 Å². The fourth-order valence-corrected chi connectivity index (χ4v) is 3.40. The van der Waals surface area contributed by atoms with Crippen molar-refractivity contribution in [1.29, 1.82) is 0 Å². The summed E-state index contributed by atoms with van der Waals surface area (Å²) in [6.45, 7) is 8.85. The van der Waals surface area contributed by atoms with E-state index < -0.39 is 0 Å². The van der Waals surface area contributed by atoms with E-state index in [9.17, 15) is 0 Å². The van der Waals surface area contributed by atoms with Crippen molar-refractivity contribution in [2.24, 2.45) is 5.41 Å². The topological polar surface area (TPSA) is 6.48 Å². The van der Waals surface area contributed by atoms with Crippen molar-refractivity contribution < 1.29 is 0 Å². The molecule has 2 fully saturated rings. The molecule has 0 amide bonds. The average molecular weight is 214 g/mol. The maximum Gasteiger partial charge on any atom is 0.00950 e. The number of piperidine rings is 1. The lowest BCUT2D eigenvalue weighted by Gasteiger charge is -2.38. The van der Waals surface area contributed by atoms with Gasteiger partial charge in [0.05, 0.1) is 0 Å². The molecule has 14 heavy (non-hydrogen) atoms. The number of nitrogens with zero attached hydrogens (tertiary/aromatic N) is 2. The Balaban J connectivity index is 1.87. The summed E-state index contributed by atoms with van der Waals surface area (Å²) in [5, 5.41) is 0. The first kappa shape index (κ1) is 10.8. The number of hydrogen-bond donors (Lipinski definition) is 0. The molecule has 0 radical (unpaired) electrons. The average Bonchev–Trinajstić information content (AvgIpc) is 2.63. The first-order valence-corrected chi connectivity index (χ1v) is 6.97. The van der Waals surface area contributed by atoms with Gasteiger partial charge in [-0.15, -0.1) is 0 Å². The molecule has 2 saturated heterocycles. The van der Waals surface area contributed by atoms with E-state index in [0.29, 0.717) is 5.41 Å². The Labute approximate surface area is 92.2 Å². The van der Waals surface area contributed by atoms with E-state index in [0.717, 1.165) is 0 Å². The lowest BCUT2D eigenvalue weighted by atomic mass is 9.78. The Morgan fingerprint density at radius 1 is 1.14 bits per heavy atom. The maximum atomic E-state index is 2.62. The van der Waals surface area contributed by atoms with Gasteiger partial charge in [0, 0.05) is 19.6 Å². The highest BCUT2D eigenvalue weighted by Crippen LogP contribution is 2.41. The van der Waals surface area contributed by atoms with Crippen molar-refractivity contribution >= 4 is 11.9 Å². The summed E-state index contributed by atoms with van der Waals surface area (Å²) in [6, 6.07) is 0. The van der Waals surface area contributed by atoms with Crippen molar-refractivity contribution in [2.75, 3.05) is 39.0 Å². The number of rotatable bonds is 2. The lowest BCUT2D eigenvalue weighted by Crippen LogP contribution is -2.38. The minimum Gasteiger partial charge on any atom is -0.303 e. The molecule has 0 aromatic heterocycles. The normalized spacial score (nSPS) is 28.7. The third kappa shape index (κ3) is 2.10. The number of hydrogen-bond acceptors (Lipinski definition) is 3. The number of likely N-dealkylation sites (tertiary alicyclic amines) is 1. The fraction of sp³-hybridized carbons (Fsp3) is 1.00. The molecule has 2 heterocycles. The van der Waals surface area contributed by atoms with Gasteiger partial charge in [-0.05, 0) is 44.0 Å². The van der Waals surface area contributed by atoms with Gasteiger partial charge < -0.3 is 4.90 Å². The molecule has 0 N–H and O–H groups in total. The molecule has 2 rings (SSSR count). The smallest absolute Gasteiger partial charge is 0.00950 e. The minimum atomic E-state index is 0.697. The van der Waals surface area contributed by atoms with Crippen molar-refractivity contribution in [3.8, 4) is 0 Å². The highest BCUT2D eigenvalue weighted by molar-refractivity contribution is 7.96. The predicted molar refractivity (Wildman–Crippen MR) is 63.5 cm³/mol. The van der Waals surface area contributed by atoms with Gasteiger partial charge in [-0.2, -0.15) is 0 Å². The summed E-state index contributed by atoms with van der Waals surface area (Å²) >= 11 is 1.91. The van der Waals surface area contributed by atoms with Gasteiger partial charge in [-0.3, -0.25) is 4.31 Å². The van der Waals surface area contributed by atoms with E-state index in [4.69, 9.17) is 0 Å². The van der Waals surface area contributed by atoms with Crippen molar-refractivity contribution in [3.63, 3.8) is 0 Å². The van der Waals surface area contributed by atoms with Crippen LogP contribution >= 0.6 is 11.9 Å². The molecule has 0 atom stereocenters. The summed E-state index contributed by atoms with van der Waals surface area (Å²) in [4.78, 5) is 2.62. The lowest BCUT2D eigenvalue weighted by molar-refractivity contribution is 0.163. The molecule has 0 bridgehead atoms. The summed E-state index contributed by atoms with van der Waals surface area (Å²) in [5.41, 5.74) is 0.697. The standard InChI is InChI=1S/C11H22N2S/c1-3-12-7-4-11(10-12)5-8-13(14-2)9-6-11/h3-10H2,1-2H3. The van der Waals surface area contributed by atoms with Crippen LogP contribution in [-0.2, 0) is 0 Å². The summed E-state index contributed by atoms with van der Waals surface area (Å²) < 4.78 is 2.51. The molecular formula is C11H22N2S. The van der Waals surface area contributed by atoms with Crippen LogP contribution in [0.5, 0.6) is 0 Å². The fourth-order valence-electron chi connectivity index (χ4n) is 2.85. The Kier molecular flexibility index (Phi) is 3.40. The van der Waals surface area contributed by atoms with Crippen LogP contribution in [0.2, 0.25) is 0 Å². The zero-order chi connectivity index (χ0) is 10.0. The molecule has 1 spiro atoms. The van der Waals surface area contributed by atoms with Gasteiger partial charge in [0.1, 0.15) is 0 Å². The second-order valence-corrected chi connectivity index (χ2v) is 5.61. The highest BCUT2D eigenvalue weighted by Gasteiger charge is 2.39. The predicted octanol–water partition coefficient (Wildman–Crippen LogP) is 2.07. The molecule has 0 saturated carbocycles. The molecule has 82 valence electrons. The van der Waals surface area contributed by atoms with Crippen LogP contribution in [0, 0.1) is 5.41 Å². The first-order chi connectivity index (χ1) is 6.78. The minimum absolute atomic E-state index is 0.697. The maximum absolute atomic E-state index is 2.62. The van der Waals surface area contributed by atoms with E-state index in [2.05, 4.69) is 22.4 Å². The zero-order valence-electron chi connectivity index (χ0n) is 9.46. The van der Waals surface area contributed by atoms with Crippen LogP contribution in [0.3, 0.4) is 0 Å². The largest absolute Gasteiger partial charge is 0.303 e. The van der Waals surface area contributed by atoms with Gasteiger partial charge in [0.15, 0.2) is 0 Å². The molecule has 3 heteroatoms. The molecule has 0 aromatic carbocycles. The quantitative estimate of drug-likeness (QED) is 0.650. The molecule has 2 aliphatic heterocycles. The molecule has 0 aromatic rings. The van der Waals surface area contributed by atoms with Gasteiger partial charge in [-0.25, -0.2) is 0 Å². The molecular weight excluding hydrogens is 192 g/mol. The van der Waals surface area contributed by atoms with Crippen LogP contribution in [0.15, 0.2) is 0 Å². The SMILES string of the molecule is CCN1CCC2(CCN(SC)CC2)C1. The summed E-state index contributed by atoms with van der Waals surface area (Å²) in [6.07, 6.45) is 6.49. The van der Waals surface area contributed by atoms with E-state index in [-0.39, 0.29) is 0 Å². The summed E-state index contributed by atoms with van der Waals surface area (Å²) in [7, 11) is 0. The molecule has 2 aliphatic rings. The molecule has 0 aliphatic carbocycles. The van der Waals surface area contributed by atoms with Crippen molar-refractivity contribution in [1.82, 2.24) is 9.21 Å². The Morgan fingerprint density at radius 3 is 2.29 bits per heavy atom. The van der Waals surface area contributed by atoms with Crippen molar-refractivity contribution in [2.45, 2.75) is 26.2 Å². The first-order valence-electron chi connectivity index (χ1n) is 5.79. The Morgan fingerprint density at radius 2 is 1.79 bits per heavy atom. The third-order valence-electron chi connectivity index (χ3n) is 4.01. The van der Waals surface area contributed by atoms with E-state index in [1.807, 2.05) is 11.9 Å². The van der Waals surface area contributed by atoms with Crippen molar-refractivity contribution in [3.05, 3.63) is 0 Å². The molecule has 0 unspecified atom stereocenters. The Bertz CT molecular complexity index is 188. The van der Waals surface area contributed by atoms with Crippen LogP contribution < -0.4 is 0 Å².